The molecule has 2 heterocycles. The summed E-state index contributed by atoms with van der Waals surface area (Å²) in [6, 6.07) is 4.07. The lowest BCUT2D eigenvalue weighted by Gasteiger charge is -2.42. The molecular weight excluding hydrogens is 290 g/mol. The smallest absolute Gasteiger partial charge is 0.242 e. The number of piperidine rings is 1. The van der Waals surface area contributed by atoms with E-state index in [1.54, 1.807) is 6.20 Å². The van der Waals surface area contributed by atoms with Crippen molar-refractivity contribution in [3.8, 4) is 0 Å². The molecule has 6 heteroatoms. The standard InChI is InChI=1S/C17H27N5O/c1-21(16(23)17(18)9-3-2-4-10-17)14-7-6-12-22(13-14)15-8-5-11-19-20-15/h5,8,11,14H,2-4,6-7,9-10,12-13,18H2,1H3. The van der Waals surface area contributed by atoms with Crippen LogP contribution in [0.15, 0.2) is 18.3 Å². The molecule has 1 atom stereocenters. The first-order valence-electron chi connectivity index (χ1n) is 8.69. The molecule has 23 heavy (non-hydrogen) atoms. The predicted molar refractivity (Wildman–Crippen MR) is 90.0 cm³/mol. The van der Waals surface area contributed by atoms with Crippen LogP contribution in [0.5, 0.6) is 0 Å². The molecule has 1 saturated carbocycles. The Hall–Kier alpha value is -1.69. The molecule has 3 rings (SSSR count). The van der Waals surface area contributed by atoms with Crippen molar-refractivity contribution in [2.24, 2.45) is 5.73 Å². The number of nitrogens with zero attached hydrogens (tertiary/aromatic N) is 4. The molecule has 1 aliphatic heterocycles. The highest BCUT2D eigenvalue weighted by atomic mass is 16.2. The normalized spacial score (nSPS) is 24.3. The highest BCUT2D eigenvalue weighted by Gasteiger charge is 2.39. The number of hydrogen-bond acceptors (Lipinski definition) is 5. The van der Waals surface area contributed by atoms with E-state index >= 15 is 0 Å². The van der Waals surface area contributed by atoms with Crippen molar-refractivity contribution in [1.82, 2.24) is 15.1 Å². The summed E-state index contributed by atoms with van der Waals surface area (Å²) in [7, 11) is 1.91. The van der Waals surface area contributed by atoms with Gasteiger partial charge in [-0.2, -0.15) is 5.10 Å². The van der Waals surface area contributed by atoms with Crippen LogP contribution in [0.1, 0.15) is 44.9 Å². The van der Waals surface area contributed by atoms with Gasteiger partial charge in [-0.1, -0.05) is 19.3 Å². The van der Waals surface area contributed by atoms with Crippen LogP contribution in [-0.2, 0) is 4.79 Å². The molecule has 6 nitrogen and oxygen atoms in total. The van der Waals surface area contributed by atoms with Gasteiger partial charge in [0, 0.05) is 32.4 Å². The van der Waals surface area contributed by atoms with Gasteiger partial charge in [0.05, 0.1) is 5.54 Å². The zero-order valence-corrected chi connectivity index (χ0v) is 13.9. The summed E-state index contributed by atoms with van der Waals surface area (Å²) in [6.07, 6.45) is 8.71. The van der Waals surface area contributed by atoms with Gasteiger partial charge in [-0.3, -0.25) is 4.79 Å². The zero-order valence-electron chi connectivity index (χ0n) is 13.9. The van der Waals surface area contributed by atoms with Crippen molar-refractivity contribution in [2.45, 2.75) is 56.5 Å². The van der Waals surface area contributed by atoms with Crippen molar-refractivity contribution in [2.75, 3.05) is 25.0 Å². The molecule has 2 N–H and O–H groups in total. The van der Waals surface area contributed by atoms with E-state index in [9.17, 15) is 4.79 Å². The first-order chi connectivity index (χ1) is 11.1. The minimum absolute atomic E-state index is 0.114. The first-order valence-corrected chi connectivity index (χ1v) is 8.69. The molecular formula is C17H27N5O. The van der Waals surface area contributed by atoms with Crippen molar-refractivity contribution in [3.63, 3.8) is 0 Å². The Morgan fingerprint density at radius 3 is 2.83 bits per heavy atom. The highest BCUT2D eigenvalue weighted by Crippen LogP contribution is 2.29. The second kappa shape index (κ2) is 6.83. The van der Waals surface area contributed by atoms with Gasteiger partial charge in [0.25, 0.3) is 0 Å². The van der Waals surface area contributed by atoms with Crippen LogP contribution in [0.3, 0.4) is 0 Å². The lowest BCUT2D eigenvalue weighted by Crippen LogP contribution is -2.59. The van der Waals surface area contributed by atoms with E-state index in [-0.39, 0.29) is 11.9 Å². The number of nitrogens with two attached hydrogens (primary N) is 1. The molecule has 1 aromatic rings. The number of carbonyl (C=O) groups excluding carboxylic acids is 1. The molecule has 0 spiro atoms. The van der Waals surface area contributed by atoms with E-state index in [2.05, 4.69) is 15.1 Å². The van der Waals surface area contributed by atoms with Crippen LogP contribution in [0.25, 0.3) is 0 Å². The van der Waals surface area contributed by atoms with Crippen molar-refractivity contribution >= 4 is 11.7 Å². The SMILES string of the molecule is CN(C(=O)C1(N)CCCCC1)C1CCCN(c2cccnn2)C1. The van der Waals surface area contributed by atoms with Gasteiger partial charge in [-0.25, -0.2) is 0 Å². The van der Waals surface area contributed by atoms with Crippen molar-refractivity contribution in [3.05, 3.63) is 18.3 Å². The largest absolute Gasteiger partial charge is 0.353 e. The van der Waals surface area contributed by atoms with Gasteiger partial charge in [0.15, 0.2) is 5.82 Å². The molecule has 126 valence electrons. The lowest BCUT2D eigenvalue weighted by molar-refractivity contribution is -0.139. The Labute approximate surface area is 138 Å². The molecule has 1 amide bonds. The summed E-state index contributed by atoms with van der Waals surface area (Å²) < 4.78 is 0. The van der Waals surface area contributed by atoms with Gasteiger partial charge in [-0.15, -0.1) is 5.10 Å². The Morgan fingerprint density at radius 1 is 1.35 bits per heavy atom. The van der Waals surface area contributed by atoms with E-state index in [0.717, 1.165) is 57.4 Å². The summed E-state index contributed by atoms with van der Waals surface area (Å²) >= 11 is 0. The number of rotatable bonds is 3. The fraction of sp³-hybridized carbons (Fsp3) is 0.706. The second-order valence-corrected chi connectivity index (χ2v) is 6.96. The molecule has 1 aromatic heterocycles. The number of anilines is 1. The average Bonchev–Trinajstić information content (AvgIpc) is 2.62. The Morgan fingerprint density at radius 2 is 2.13 bits per heavy atom. The van der Waals surface area contributed by atoms with Gasteiger partial charge in [0.2, 0.25) is 5.91 Å². The van der Waals surface area contributed by atoms with Crippen molar-refractivity contribution in [1.29, 1.82) is 0 Å². The summed E-state index contributed by atoms with van der Waals surface area (Å²) in [5, 5.41) is 8.15. The van der Waals surface area contributed by atoms with E-state index in [0.29, 0.717) is 0 Å². The van der Waals surface area contributed by atoms with Crippen LogP contribution in [0, 0.1) is 0 Å². The van der Waals surface area contributed by atoms with Gasteiger partial charge < -0.3 is 15.5 Å². The van der Waals surface area contributed by atoms with Crippen LogP contribution in [0.2, 0.25) is 0 Å². The number of likely N-dealkylation sites (N-methyl/N-ethyl adjacent to an activating group) is 1. The number of aromatic nitrogens is 2. The predicted octanol–water partition coefficient (Wildman–Crippen LogP) is 1.57. The molecule has 1 saturated heterocycles. The van der Waals surface area contributed by atoms with E-state index in [4.69, 9.17) is 5.73 Å². The Balaban J connectivity index is 1.67. The monoisotopic (exact) mass is 317 g/mol. The third-order valence-corrected chi connectivity index (χ3v) is 5.32. The number of hydrogen-bond donors (Lipinski definition) is 1. The average molecular weight is 317 g/mol. The third kappa shape index (κ3) is 3.47. The maximum absolute atomic E-state index is 12.9. The molecule has 2 aliphatic rings. The summed E-state index contributed by atoms with van der Waals surface area (Å²) in [5.74, 6) is 1.00. The summed E-state index contributed by atoms with van der Waals surface area (Å²) in [5.41, 5.74) is 5.78. The summed E-state index contributed by atoms with van der Waals surface area (Å²) in [4.78, 5) is 17.0. The van der Waals surface area contributed by atoms with Crippen LogP contribution < -0.4 is 10.6 Å². The molecule has 1 unspecified atom stereocenters. The van der Waals surface area contributed by atoms with Gasteiger partial charge >= 0.3 is 0 Å². The number of amides is 1. The first kappa shape index (κ1) is 16.2. The minimum atomic E-state index is -0.651. The quantitative estimate of drug-likeness (QED) is 0.916. The van der Waals surface area contributed by atoms with E-state index in [1.807, 2.05) is 24.1 Å². The fourth-order valence-corrected chi connectivity index (χ4v) is 3.85. The van der Waals surface area contributed by atoms with Gasteiger partial charge in [0.1, 0.15) is 0 Å². The molecule has 2 fully saturated rings. The fourth-order valence-electron chi connectivity index (χ4n) is 3.85. The second-order valence-electron chi connectivity index (χ2n) is 6.96. The van der Waals surface area contributed by atoms with Crippen LogP contribution in [0.4, 0.5) is 5.82 Å². The summed E-state index contributed by atoms with van der Waals surface area (Å²) in [6.45, 7) is 1.77. The van der Waals surface area contributed by atoms with Crippen LogP contribution >= 0.6 is 0 Å². The topological polar surface area (TPSA) is 75.3 Å². The maximum Gasteiger partial charge on any atom is 0.242 e. The maximum atomic E-state index is 12.9. The Bertz CT molecular complexity index is 529. The van der Waals surface area contributed by atoms with Gasteiger partial charge in [-0.05, 0) is 37.8 Å². The number of carbonyl (C=O) groups is 1. The molecule has 0 radical (unpaired) electrons. The zero-order chi connectivity index (χ0) is 16.3. The third-order valence-electron chi connectivity index (χ3n) is 5.32. The molecule has 1 aliphatic carbocycles. The lowest BCUT2D eigenvalue weighted by atomic mass is 9.81. The Kier molecular flexibility index (Phi) is 4.80. The van der Waals surface area contributed by atoms with E-state index < -0.39 is 5.54 Å². The van der Waals surface area contributed by atoms with Crippen LogP contribution in [-0.4, -0.2) is 52.7 Å². The molecule has 0 aromatic carbocycles. The van der Waals surface area contributed by atoms with E-state index in [1.165, 1.54) is 6.42 Å². The van der Waals surface area contributed by atoms with Crippen molar-refractivity contribution < 1.29 is 4.79 Å². The highest BCUT2D eigenvalue weighted by molar-refractivity contribution is 5.86. The molecule has 0 bridgehead atoms. The minimum Gasteiger partial charge on any atom is -0.353 e.